The summed E-state index contributed by atoms with van der Waals surface area (Å²) in [7, 11) is 1.47. The Labute approximate surface area is 135 Å². The third kappa shape index (κ3) is 3.70. The Bertz CT molecular complexity index is 741. The molecule has 2 rings (SSSR count). The average Bonchev–Trinajstić information content (AvgIpc) is 2.85. The third-order valence-corrected chi connectivity index (χ3v) is 4.34. The summed E-state index contributed by atoms with van der Waals surface area (Å²) in [6, 6.07) is 3.49. The molecule has 8 heteroatoms. The van der Waals surface area contributed by atoms with E-state index in [9.17, 15) is 18.4 Å². The van der Waals surface area contributed by atoms with E-state index in [1.165, 1.54) is 18.0 Å². The van der Waals surface area contributed by atoms with Gasteiger partial charge in [0.05, 0.1) is 17.7 Å². The van der Waals surface area contributed by atoms with Gasteiger partial charge in [0, 0.05) is 13.6 Å². The molecule has 1 aromatic heterocycles. The number of halogens is 2. The number of carboxylic acids is 1. The SMILES string of the molecule is Cc1nc(-c2c(F)cccc2F)sc1C(=O)N(C)CCC(=O)O. The second kappa shape index (κ2) is 6.82. The van der Waals surface area contributed by atoms with Gasteiger partial charge in [-0.2, -0.15) is 0 Å². The molecule has 1 aromatic carbocycles. The molecular weight excluding hydrogens is 326 g/mol. The summed E-state index contributed by atoms with van der Waals surface area (Å²) in [4.78, 5) is 28.4. The number of carboxylic acid groups (broad SMARTS) is 1. The number of hydrogen-bond acceptors (Lipinski definition) is 4. The van der Waals surface area contributed by atoms with Crippen LogP contribution in [0.1, 0.15) is 21.8 Å². The van der Waals surface area contributed by atoms with Gasteiger partial charge >= 0.3 is 5.97 Å². The second-order valence-electron chi connectivity index (χ2n) is 4.90. The van der Waals surface area contributed by atoms with E-state index in [1.807, 2.05) is 0 Å². The Morgan fingerprint density at radius 1 is 1.30 bits per heavy atom. The molecule has 0 aliphatic rings. The number of hydrogen-bond donors (Lipinski definition) is 1. The number of aryl methyl sites for hydroxylation is 1. The molecular formula is C15H14F2N2O3S. The second-order valence-corrected chi connectivity index (χ2v) is 5.90. The summed E-state index contributed by atoms with van der Waals surface area (Å²) in [5.41, 5.74) is 0.0765. The average molecular weight is 340 g/mol. The van der Waals surface area contributed by atoms with Gasteiger partial charge in [-0.25, -0.2) is 13.8 Å². The molecule has 0 bridgehead atoms. The molecule has 122 valence electrons. The third-order valence-electron chi connectivity index (χ3n) is 3.18. The van der Waals surface area contributed by atoms with Crippen LogP contribution in [0.5, 0.6) is 0 Å². The molecule has 0 spiro atoms. The molecule has 1 N–H and O–H groups in total. The van der Waals surface area contributed by atoms with E-state index in [0.717, 1.165) is 23.5 Å². The number of aromatic nitrogens is 1. The molecule has 0 aliphatic carbocycles. The Hall–Kier alpha value is -2.35. The van der Waals surface area contributed by atoms with Gasteiger partial charge in [0.15, 0.2) is 0 Å². The first kappa shape index (κ1) is 17.0. The van der Waals surface area contributed by atoms with Gasteiger partial charge < -0.3 is 10.0 Å². The lowest BCUT2D eigenvalue weighted by molar-refractivity contribution is -0.137. The highest BCUT2D eigenvalue weighted by molar-refractivity contribution is 7.17. The van der Waals surface area contributed by atoms with Crippen LogP contribution in [0, 0.1) is 18.6 Å². The van der Waals surface area contributed by atoms with Gasteiger partial charge in [-0.1, -0.05) is 6.07 Å². The van der Waals surface area contributed by atoms with Crippen molar-refractivity contribution in [3.8, 4) is 10.6 Å². The summed E-state index contributed by atoms with van der Waals surface area (Å²) in [6.07, 6.45) is -0.186. The van der Waals surface area contributed by atoms with Crippen molar-refractivity contribution in [1.29, 1.82) is 0 Å². The van der Waals surface area contributed by atoms with Crippen molar-refractivity contribution in [1.82, 2.24) is 9.88 Å². The molecule has 0 aliphatic heterocycles. The lowest BCUT2D eigenvalue weighted by atomic mass is 10.2. The quantitative estimate of drug-likeness (QED) is 0.908. The summed E-state index contributed by atoms with van der Waals surface area (Å²) in [5.74, 6) is -2.95. The standard InChI is InChI=1S/C15H14F2N2O3S/c1-8-13(15(22)19(2)7-6-11(20)21)23-14(18-8)12-9(16)4-3-5-10(12)17/h3-5H,6-7H2,1-2H3,(H,20,21). The zero-order valence-corrected chi connectivity index (χ0v) is 13.3. The number of amides is 1. The van der Waals surface area contributed by atoms with Gasteiger partial charge in [0.1, 0.15) is 21.5 Å². The van der Waals surface area contributed by atoms with Gasteiger partial charge in [-0.3, -0.25) is 9.59 Å². The Morgan fingerprint density at radius 2 is 1.91 bits per heavy atom. The van der Waals surface area contributed by atoms with E-state index in [4.69, 9.17) is 5.11 Å². The van der Waals surface area contributed by atoms with Crippen LogP contribution in [0.25, 0.3) is 10.6 Å². The number of thiazole rings is 1. The van der Waals surface area contributed by atoms with Crippen molar-refractivity contribution in [2.45, 2.75) is 13.3 Å². The summed E-state index contributed by atoms with van der Waals surface area (Å²) >= 11 is 0.882. The smallest absolute Gasteiger partial charge is 0.305 e. The molecule has 5 nitrogen and oxygen atoms in total. The highest BCUT2D eigenvalue weighted by Gasteiger charge is 2.22. The number of carbonyl (C=O) groups excluding carboxylic acids is 1. The molecule has 23 heavy (non-hydrogen) atoms. The summed E-state index contributed by atoms with van der Waals surface area (Å²) in [5, 5.41) is 8.73. The summed E-state index contributed by atoms with van der Waals surface area (Å²) < 4.78 is 27.6. The molecule has 1 heterocycles. The molecule has 2 aromatic rings. The number of benzene rings is 1. The first-order valence-corrected chi connectivity index (χ1v) is 7.52. The minimum atomic E-state index is -1.01. The van der Waals surface area contributed by atoms with Gasteiger partial charge in [-0.05, 0) is 19.1 Å². The Morgan fingerprint density at radius 3 is 2.48 bits per heavy atom. The fraction of sp³-hybridized carbons (Fsp3) is 0.267. The maximum Gasteiger partial charge on any atom is 0.305 e. The minimum absolute atomic E-state index is 0.0366. The minimum Gasteiger partial charge on any atom is -0.481 e. The van der Waals surface area contributed by atoms with Gasteiger partial charge in [-0.15, -0.1) is 11.3 Å². The van der Waals surface area contributed by atoms with Crippen LogP contribution in [0.4, 0.5) is 8.78 Å². The van der Waals surface area contributed by atoms with E-state index in [0.29, 0.717) is 5.69 Å². The molecule has 0 fully saturated rings. The number of nitrogens with zero attached hydrogens (tertiary/aromatic N) is 2. The maximum atomic E-state index is 13.8. The van der Waals surface area contributed by atoms with E-state index in [2.05, 4.69) is 4.98 Å². The lowest BCUT2D eigenvalue weighted by Crippen LogP contribution is -2.28. The first-order valence-electron chi connectivity index (χ1n) is 6.70. The predicted octanol–water partition coefficient (Wildman–Crippen LogP) is 2.94. The van der Waals surface area contributed by atoms with E-state index in [-0.39, 0.29) is 28.4 Å². The largest absolute Gasteiger partial charge is 0.481 e. The van der Waals surface area contributed by atoms with Crippen molar-refractivity contribution < 1.29 is 23.5 Å². The van der Waals surface area contributed by atoms with Crippen molar-refractivity contribution in [2.24, 2.45) is 0 Å². The topological polar surface area (TPSA) is 70.5 Å². The number of rotatable bonds is 5. The van der Waals surface area contributed by atoms with Crippen LogP contribution < -0.4 is 0 Å². The van der Waals surface area contributed by atoms with Crippen molar-refractivity contribution in [3.05, 3.63) is 40.4 Å². The van der Waals surface area contributed by atoms with Crippen molar-refractivity contribution >= 4 is 23.2 Å². The Kier molecular flexibility index (Phi) is 5.05. The highest BCUT2D eigenvalue weighted by Crippen LogP contribution is 2.32. The van der Waals surface area contributed by atoms with Crippen molar-refractivity contribution in [2.75, 3.05) is 13.6 Å². The first-order chi connectivity index (χ1) is 10.8. The van der Waals surface area contributed by atoms with E-state index in [1.54, 1.807) is 6.92 Å². The molecule has 0 saturated heterocycles. The highest BCUT2D eigenvalue weighted by atomic mass is 32.1. The van der Waals surface area contributed by atoms with E-state index >= 15 is 0 Å². The van der Waals surface area contributed by atoms with Crippen LogP contribution in [-0.4, -0.2) is 40.5 Å². The molecule has 0 unspecified atom stereocenters. The normalized spacial score (nSPS) is 10.6. The molecule has 1 amide bonds. The van der Waals surface area contributed by atoms with E-state index < -0.39 is 23.5 Å². The summed E-state index contributed by atoms with van der Waals surface area (Å²) in [6.45, 7) is 1.60. The zero-order valence-electron chi connectivity index (χ0n) is 12.5. The van der Waals surface area contributed by atoms with Crippen LogP contribution in [0.3, 0.4) is 0 Å². The monoisotopic (exact) mass is 340 g/mol. The van der Waals surface area contributed by atoms with Crippen LogP contribution >= 0.6 is 11.3 Å². The Balaban J connectivity index is 2.31. The number of aliphatic carboxylic acids is 1. The lowest BCUT2D eigenvalue weighted by Gasteiger charge is -2.14. The van der Waals surface area contributed by atoms with Crippen molar-refractivity contribution in [3.63, 3.8) is 0 Å². The van der Waals surface area contributed by atoms with Gasteiger partial charge in [0.2, 0.25) is 0 Å². The maximum absolute atomic E-state index is 13.8. The van der Waals surface area contributed by atoms with Gasteiger partial charge in [0.25, 0.3) is 5.91 Å². The fourth-order valence-corrected chi connectivity index (χ4v) is 3.05. The van der Waals surface area contributed by atoms with Crippen LogP contribution in [-0.2, 0) is 4.79 Å². The zero-order chi connectivity index (χ0) is 17.1. The van der Waals surface area contributed by atoms with Crippen LogP contribution in [0.15, 0.2) is 18.2 Å². The molecule has 0 atom stereocenters. The molecule has 0 saturated carbocycles. The number of carbonyl (C=O) groups is 2. The molecule has 0 radical (unpaired) electrons. The van der Waals surface area contributed by atoms with Crippen LogP contribution in [0.2, 0.25) is 0 Å². The predicted molar refractivity (Wildman–Crippen MR) is 81.4 cm³/mol. The fourth-order valence-electron chi connectivity index (χ4n) is 1.94.